The van der Waals surface area contributed by atoms with Gasteiger partial charge in [-0.2, -0.15) is 0 Å². The van der Waals surface area contributed by atoms with E-state index in [0.717, 1.165) is 17.7 Å². The molecule has 0 bridgehead atoms. The number of carbonyl (C=O) groups excluding carboxylic acids is 1. The van der Waals surface area contributed by atoms with Gasteiger partial charge in [0.1, 0.15) is 0 Å². The number of para-hydroxylation sites is 1. The minimum Gasteiger partial charge on any atom is -0.308 e. The Bertz CT molecular complexity index is 910. The van der Waals surface area contributed by atoms with E-state index < -0.39 is 10.0 Å². The molecule has 7 heteroatoms. The maximum absolute atomic E-state index is 12.9. The first-order valence-corrected chi connectivity index (χ1v) is 10.1. The summed E-state index contributed by atoms with van der Waals surface area (Å²) in [5, 5.41) is 8.31. The maximum atomic E-state index is 12.9. The van der Waals surface area contributed by atoms with Crippen molar-refractivity contribution in [3.63, 3.8) is 0 Å². The first kappa shape index (κ1) is 18.6. The summed E-state index contributed by atoms with van der Waals surface area (Å²) in [6, 6.07) is 14.1. The van der Waals surface area contributed by atoms with E-state index >= 15 is 0 Å². The molecule has 0 aliphatic carbocycles. The topological polar surface area (TPSA) is 92.5 Å². The predicted octanol–water partition coefficient (Wildman–Crippen LogP) is 1.79. The van der Waals surface area contributed by atoms with Crippen LogP contribution < -0.4 is 15.4 Å². The van der Waals surface area contributed by atoms with E-state index in [4.69, 9.17) is 5.14 Å². The number of nitrogens with zero attached hydrogens (tertiary/aromatic N) is 1. The van der Waals surface area contributed by atoms with Crippen LogP contribution in [0.5, 0.6) is 0 Å². The third-order valence-corrected chi connectivity index (χ3v) is 5.61. The number of amides is 1. The molecule has 3 rings (SSSR count). The fraction of sp³-hybridized carbons (Fsp3) is 0.316. The summed E-state index contributed by atoms with van der Waals surface area (Å²) in [4.78, 5) is 14.8. The lowest BCUT2D eigenvalue weighted by Crippen LogP contribution is -2.47. The number of hydrogen-bond acceptors (Lipinski definition) is 4. The standard InChI is InChI=1S/C19H23N3O3S/c1-13-11-16-5-3-4-6-18(16)22(13)19(23)14(2)21-12-15-7-9-17(10-8-15)26(20,24)25/h3-10,13-14,21H,11-12H2,1-2H3,(H2,20,24,25)/t13-,14-/m1/s1. The van der Waals surface area contributed by atoms with Crippen LogP contribution in [0.25, 0.3) is 0 Å². The monoisotopic (exact) mass is 373 g/mol. The van der Waals surface area contributed by atoms with Gasteiger partial charge in [0.25, 0.3) is 0 Å². The Morgan fingerprint density at radius 3 is 2.54 bits per heavy atom. The zero-order valence-corrected chi connectivity index (χ0v) is 15.7. The summed E-state index contributed by atoms with van der Waals surface area (Å²) >= 11 is 0. The van der Waals surface area contributed by atoms with E-state index in [2.05, 4.69) is 18.3 Å². The van der Waals surface area contributed by atoms with Crippen LogP contribution in [0.2, 0.25) is 0 Å². The average Bonchev–Trinajstić information content (AvgIpc) is 2.94. The number of sulfonamides is 1. The summed E-state index contributed by atoms with van der Waals surface area (Å²) in [5.41, 5.74) is 3.06. The van der Waals surface area contributed by atoms with Crippen LogP contribution in [0.3, 0.4) is 0 Å². The first-order valence-electron chi connectivity index (χ1n) is 8.53. The molecule has 3 N–H and O–H groups in total. The smallest absolute Gasteiger partial charge is 0.244 e. The molecule has 0 saturated carbocycles. The van der Waals surface area contributed by atoms with E-state index in [1.807, 2.05) is 30.0 Å². The second kappa shape index (κ2) is 7.19. The second-order valence-electron chi connectivity index (χ2n) is 6.68. The van der Waals surface area contributed by atoms with Crippen molar-refractivity contribution in [2.75, 3.05) is 4.90 Å². The van der Waals surface area contributed by atoms with Gasteiger partial charge >= 0.3 is 0 Å². The van der Waals surface area contributed by atoms with Gasteiger partial charge in [-0.15, -0.1) is 0 Å². The molecule has 1 aliphatic rings. The highest BCUT2D eigenvalue weighted by Gasteiger charge is 2.32. The summed E-state index contributed by atoms with van der Waals surface area (Å²) in [6.45, 7) is 4.35. The fourth-order valence-corrected chi connectivity index (χ4v) is 3.78. The van der Waals surface area contributed by atoms with Crippen LogP contribution in [0.15, 0.2) is 53.4 Å². The number of primary sulfonamides is 1. The Balaban J connectivity index is 1.65. The third-order valence-electron chi connectivity index (χ3n) is 4.68. The lowest BCUT2D eigenvalue weighted by atomic mass is 10.1. The molecule has 0 radical (unpaired) electrons. The zero-order valence-electron chi connectivity index (χ0n) is 14.8. The Labute approximate surface area is 154 Å². The Morgan fingerprint density at radius 1 is 1.23 bits per heavy atom. The van der Waals surface area contributed by atoms with Gasteiger partial charge in [-0.1, -0.05) is 30.3 Å². The van der Waals surface area contributed by atoms with Crippen molar-refractivity contribution >= 4 is 21.6 Å². The van der Waals surface area contributed by atoms with Crippen LogP contribution in [0, 0.1) is 0 Å². The molecule has 1 aliphatic heterocycles. The molecule has 0 fully saturated rings. The van der Waals surface area contributed by atoms with Crippen LogP contribution in [0.4, 0.5) is 5.69 Å². The van der Waals surface area contributed by atoms with Crippen molar-refractivity contribution in [3.05, 3.63) is 59.7 Å². The summed E-state index contributed by atoms with van der Waals surface area (Å²) < 4.78 is 22.6. The SMILES string of the molecule is C[C@@H]1Cc2ccccc2N1C(=O)[C@@H](C)NCc1ccc(S(N)(=O)=O)cc1. The minimum atomic E-state index is -3.69. The van der Waals surface area contributed by atoms with Crippen LogP contribution >= 0.6 is 0 Å². The molecule has 26 heavy (non-hydrogen) atoms. The molecule has 0 spiro atoms. The molecule has 0 saturated heterocycles. The van der Waals surface area contributed by atoms with Crippen molar-refractivity contribution in [1.82, 2.24) is 5.32 Å². The molecular weight excluding hydrogens is 350 g/mol. The quantitative estimate of drug-likeness (QED) is 0.836. The first-order chi connectivity index (χ1) is 12.3. The number of benzene rings is 2. The third kappa shape index (κ3) is 3.80. The molecule has 1 amide bonds. The maximum Gasteiger partial charge on any atom is 0.244 e. The number of rotatable bonds is 5. The molecule has 2 aromatic carbocycles. The van der Waals surface area contributed by atoms with Gasteiger partial charge in [0.15, 0.2) is 0 Å². The number of hydrogen-bond donors (Lipinski definition) is 2. The highest BCUT2D eigenvalue weighted by atomic mass is 32.2. The second-order valence-corrected chi connectivity index (χ2v) is 8.24. The molecule has 2 aromatic rings. The van der Waals surface area contributed by atoms with E-state index in [1.54, 1.807) is 12.1 Å². The van der Waals surface area contributed by atoms with E-state index in [9.17, 15) is 13.2 Å². The molecule has 138 valence electrons. The van der Waals surface area contributed by atoms with Gasteiger partial charge in [-0.3, -0.25) is 4.79 Å². The zero-order chi connectivity index (χ0) is 18.9. The molecule has 1 heterocycles. The normalized spacial score (nSPS) is 17.8. The fourth-order valence-electron chi connectivity index (χ4n) is 3.27. The van der Waals surface area contributed by atoms with E-state index in [-0.39, 0.29) is 22.9 Å². The summed E-state index contributed by atoms with van der Waals surface area (Å²) in [5.74, 6) is 0.0311. The van der Waals surface area contributed by atoms with Crippen LogP contribution in [-0.4, -0.2) is 26.4 Å². The van der Waals surface area contributed by atoms with Crippen LogP contribution in [-0.2, 0) is 27.8 Å². The molecule has 6 nitrogen and oxygen atoms in total. The van der Waals surface area contributed by atoms with Gasteiger partial charge in [-0.05, 0) is 49.6 Å². The largest absolute Gasteiger partial charge is 0.308 e. The average molecular weight is 373 g/mol. The summed E-state index contributed by atoms with van der Waals surface area (Å²) in [6.07, 6.45) is 0.865. The lowest BCUT2D eigenvalue weighted by Gasteiger charge is -2.26. The predicted molar refractivity (Wildman–Crippen MR) is 101 cm³/mol. The van der Waals surface area contributed by atoms with Gasteiger partial charge in [0, 0.05) is 18.3 Å². The number of anilines is 1. The van der Waals surface area contributed by atoms with E-state index in [0.29, 0.717) is 6.54 Å². The van der Waals surface area contributed by atoms with Gasteiger partial charge in [0.05, 0.1) is 10.9 Å². The number of fused-ring (bicyclic) bond motifs is 1. The highest BCUT2D eigenvalue weighted by Crippen LogP contribution is 2.32. The van der Waals surface area contributed by atoms with Crippen molar-refractivity contribution < 1.29 is 13.2 Å². The van der Waals surface area contributed by atoms with E-state index in [1.165, 1.54) is 17.7 Å². The summed E-state index contributed by atoms with van der Waals surface area (Å²) in [7, 11) is -3.69. The van der Waals surface area contributed by atoms with Crippen molar-refractivity contribution in [3.8, 4) is 0 Å². The molecule has 0 unspecified atom stereocenters. The number of carbonyl (C=O) groups is 1. The van der Waals surface area contributed by atoms with Gasteiger partial charge in [-0.25, -0.2) is 13.6 Å². The highest BCUT2D eigenvalue weighted by molar-refractivity contribution is 7.89. The molecule has 2 atom stereocenters. The van der Waals surface area contributed by atoms with Crippen molar-refractivity contribution in [1.29, 1.82) is 0 Å². The number of nitrogens with two attached hydrogens (primary N) is 1. The minimum absolute atomic E-state index is 0.0311. The van der Waals surface area contributed by atoms with Gasteiger partial charge in [0.2, 0.25) is 15.9 Å². The molecule has 0 aromatic heterocycles. The van der Waals surface area contributed by atoms with Crippen molar-refractivity contribution in [2.45, 2.75) is 43.8 Å². The Hall–Kier alpha value is -2.22. The number of nitrogens with one attached hydrogen (secondary N) is 1. The Morgan fingerprint density at radius 2 is 1.88 bits per heavy atom. The molecular formula is C19H23N3O3S. The van der Waals surface area contributed by atoms with Gasteiger partial charge < -0.3 is 10.2 Å². The lowest BCUT2D eigenvalue weighted by molar-refractivity contribution is -0.120. The van der Waals surface area contributed by atoms with Crippen molar-refractivity contribution in [2.24, 2.45) is 5.14 Å². The van der Waals surface area contributed by atoms with Crippen LogP contribution in [0.1, 0.15) is 25.0 Å². The Kier molecular flexibility index (Phi) is 5.13.